The number of hydrogen-bond donors (Lipinski definition) is 2. The number of carbonyl (C=O) groups excluding carboxylic acids is 1. The number of ether oxygens (including phenoxy) is 1. The second-order valence-electron chi connectivity index (χ2n) is 8.08. The van der Waals surface area contributed by atoms with Crippen molar-refractivity contribution in [2.24, 2.45) is 0 Å². The van der Waals surface area contributed by atoms with Gasteiger partial charge in [0.15, 0.2) is 0 Å². The van der Waals surface area contributed by atoms with Crippen LogP contribution in [-0.2, 0) is 4.74 Å². The zero-order chi connectivity index (χ0) is 16.3. The monoisotopic (exact) mass is 311 g/mol. The van der Waals surface area contributed by atoms with E-state index in [1.165, 1.54) is 25.9 Å². The van der Waals surface area contributed by atoms with Crippen molar-refractivity contribution in [3.8, 4) is 0 Å². The number of hydrogen-bond acceptors (Lipinski definition) is 4. The highest BCUT2D eigenvalue weighted by molar-refractivity contribution is 5.68. The lowest BCUT2D eigenvalue weighted by Crippen LogP contribution is -2.56. The molecule has 1 heterocycles. The quantitative estimate of drug-likeness (QED) is 0.837. The minimum atomic E-state index is -0.421. The standard InChI is InChI=1S/C17H33N3O2/c1-12(2)20-8-6-13(7-9-20)18-14-10-15(11-14)19-16(21)22-17(3,4)5/h12-15,18H,6-11H2,1-5H3,(H,19,21). The smallest absolute Gasteiger partial charge is 0.407 e. The van der Waals surface area contributed by atoms with Gasteiger partial charge in [-0.3, -0.25) is 0 Å². The number of piperidine rings is 1. The van der Waals surface area contributed by atoms with Gasteiger partial charge in [-0.2, -0.15) is 0 Å². The van der Waals surface area contributed by atoms with Crippen LogP contribution in [0.25, 0.3) is 0 Å². The number of amides is 1. The molecule has 0 spiro atoms. The molecule has 128 valence electrons. The number of rotatable bonds is 4. The number of nitrogens with zero attached hydrogens (tertiary/aromatic N) is 1. The van der Waals surface area contributed by atoms with Crippen molar-refractivity contribution in [2.75, 3.05) is 13.1 Å². The van der Waals surface area contributed by atoms with Crippen LogP contribution in [0.5, 0.6) is 0 Å². The molecule has 0 aromatic rings. The predicted octanol–water partition coefficient (Wildman–Crippen LogP) is 2.50. The van der Waals surface area contributed by atoms with E-state index in [-0.39, 0.29) is 12.1 Å². The fraction of sp³-hybridized carbons (Fsp3) is 0.941. The molecule has 0 unspecified atom stereocenters. The van der Waals surface area contributed by atoms with Gasteiger partial charge in [-0.05, 0) is 73.4 Å². The van der Waals surface area contributed by atoms with Gasteiger partial charge in [0, 0.05) is 24.2 Å². The Morgan fingerprint density at radius 2 is 1.68 bits per heavy atom. The molecule has 22 heavy (non-hydrogen) atoms. The Hall–Kier alpha value is -0.810. The maximum Gasteiger partial charge on any atom is 0.407 e. The van der Waals surface area contributed by atoms with E-state index in [4.69, 9.17) is 4.74 Å². The molecule has 2 aliphatic rings. The van der Waals surface area contributed by atoms with Gasteiger partial charge in [-0.15, -0.1) is 0 Å². The lowest BCUT2D eigenvalue weighted by atomic mass is 9.85. The van der Waals surface area contributed by atoms with Crippen LogP contribution < -0.4 is 10.6 Å². The summed E-state index contributed by atoms with van der Waals surface area (Å²) in [6, 6.07) is 2.12. The van der Waals surface area contributed by atoms with Crippen molar-refractivity contribution in [3.05, 3.63) is 0 Å². The van der Waals surface area contributed by atoms with Gasteiger partial charge in [0.2, 0.25) is 0 Å². The third-order valence-electron chi connectivity index (χ3n) is 4.59. The van der Waals surface area contributed by atoms with E-state index >= 15 is 0 Å². The van der Waals surface area contributed by atoms with Gasteiger partial charge in [0.25, 0.3) is 0 Å². The minimum absolute atomic E-state index is 0.267. The van der Waals surface area contributed by atoms with Crippen LogP contribution in [0.15, 0.2) is 0 Å². The molecule has 2 rings (SSSR count). The van der Waals surface area contributed by atoms with Crippen LogP contribution in [0.1, 0.15) is 60.3 Å². The zero-order valence-corrected chi connectivity index (χ0v) is 14.8. The number of carbonyl (C=O) groups is 1. The molecular formula is C17H33N3O2. The minimum Gasteiger partial charge on any atom is -0.444 e. The molecule has 1 saturated heterocycles. The normalized spacial score (nSPS) is 27.5. The maximum atomic E-state index is 11.7. The first kappa shape index (κ1) is 17.5. The summed E-state index contributed by atoms with van der Waals surface area (Å²) in [4.78, 5) is 14.2. The number of nitrogens with one attached hydrogen (secondary N) is 2. The fourth-order valence-corrected chi connectivity index (χ4v) is 3.26. The molecule has 2 N–H and O–H groups in total. The van der Waals surface area contributed by atoms with Crippen LogP contribution in [-0.4, -0.2) is 53.9 Å². The van der Waals surface area contributed by atoms with E-state index in [1.807, 2.05) is 20.8 Å². The third-order valence-corrected chi connectivity index (χ3v) is 4.59. The van der Waals surface area contributed by atoms with Crippen LogP contribution >= 0.6 is 0 Å². The van der Waals surface area contributed by atoms with Gasteiger partial charge < -0.3 is 20.3 Å². The van der Waals surface area contributed by atoms with E-state index in [0.29, 0.717) is 18.1 Å². The molecule has 0 radical (unpaired) electrons. The Labute approximate surface area is 135 Å². The summed E-state index contributed by atoms with van der Waals surface area (Å²) in [5.74, 6) is 0. The lowest BCUT2D eigenvalue weighted by molar-refractivity contribution is 0.0459. The summed E-state index contributed by atoms with van der Waals surface area (Å²) >= 11 is 0. The van der Waals surface area contributed by atoms with Crippen LogP contribution in [0, 0.1) is 0 Å². The average molecular weight is 311 g/mol. The molecule has 5 nitrogen and oxygen atoms in total. The summed E-state index contributed by atoms with van der Waals surface area (Å²) in [5.41, 5.74) is -0.421. The maximum absolute atomic E-state index is 11.7. The van der Waals surface area contributed by atoms with Crippen molar-refractivity contribution >= 4 is 6.09 Å². The Morgan fingerprint density at radius 3 is 2.18 bits per heavy atom. The highest BCUT2D eigenvalue weighted by atomic mass is 16.6. The Bertz CT molecular complexity index is 365. The first-order chi connectivity index (χ1) is 10.2. The van der Waals surface area contributed by atoms with E-state index in [1.54, 1.807) is 0 Å². The van der Waals surface area contributed by atoms with E-state index in [0.717, 1.165) is 12.8 Å². The highest BCUT2D eigenvalue weighted by Gasteiger charge is 2.33. The molecule has 2 fully saturated rings. The molecule has 0 bridgehead atoms. The fourth-order valence-electron chi connectivity index (χ4n) is 3.26. The van der Waals surface area contributed by atoms with Crippen LogP contribution in [0.2, 0.25) is 0 Å². The Morgan fingerprint density at radius 1 is 1.09 bits per heavy atom. The molecule has 1 aliphatic carbocycles. The summed E-state index contributed by atoms with van der Waals surface area (Å²) in [6.45, 7) is 12.6. The molecule has 1 aliphatic heterocycles. The molecular weight excluding hydrogens is 278 g/mol. The first-order valence-electron chi connectivity index (χ1n) is 8.72. The molecule has 0 atom stereocenters. The van der Waals surface area contributed by atoms with Crippen molar-refractivity contribution in [2.45, 2.75) is 90.1 Å². The first-order valence-corrected chi connectivity index (χ1v) is 8.72. The SMILES string of the molecule is CC(C)N1CCC(NC2CC(NC(=O)OC(C)(C)C)C2)CC1. The summed E-state index contributed by atoms with van der Waals surface area (Å²) < 4.78 is 5.29. The highest BCUT2D eigenvalue weighted by Crippen LogP contribution is 2.23. The number of alkyl carbamates (subject to hydrolysis) is 1. The van der Waals surface area contributed by atoms with Gasteiger partial charge in [0.05, 0.1) is 0 Å². The summed E-state index contributed by atoms with van der Waals surface area (Å²) in [7, 11) is 0. The van der Waals surface area contributed by atoms with Gasteiger partial charge in [-0.1, -0.05) is 0 Å². The summed E-state index contributed by atoms with van der Waals surface area (Å²) in [5, 5.41) is 6.70. The van der Waals surface area contributed by atoms with Crippen molar-refractivity contribution in [1.29, 1.82) is 0 Å². The second kappa shape index (κ2) is 7.18. The molecule has 0 aromatic heterocycles. The van der Waals surface area contributed by atoms with Gasteiger partial charge in [-0.25, -0.2) is 4.79 Å². The molecule has 5 heteroatoms. The molecule has 1 amide bonds. The van der Waals surface area contributed by atoms with Crippen molar-refractivity contribution < 1.29 is 9.53 Å². The zero-order valence-electron chi connectivity index (χ0n) is 14.8. The Balaban J connectivity index is 1.59. The third kappa shape index (κ3) is 5.43. The molecule has 0 aromatic carbocycles. The van der Waals surface area contributed by atoms with Crippen molar-refractivity contribution in [1.82, 2.24) is 15.5 Å². The summed E-state index contributed by atoms with van der Waals surface area (Å²) in [6.07, 6.45) is 4.21. The van der Waals surface area contributed by atoms with Crippen LogP contribution in [0.4, 0.5) is 4.79 Å². The van der Waals surface area contributed by atoms with Gasteiger partial charge >= 0.3 is 6.09 Å². The van der Waals surface area contributed by atoms with Crippen LogP contribution in [0.3, 0.4) is 0 Å². The van der Waals surface area contributed by atoms with Gasteiger partial charge in [0.1, 0.15) is 5.60 Å². The van der Waals surface area contributed by atoms with E-state index in [9.17, 15) is 4.79 Å². The lowest BCUT2D eigenvalue weighted by Gasteiger charge is -2.41. The van der Waals surface area contributed by atoms with E-state index in [2.05, 4.69) is 29.4 Å². The average Bonchev–Trinajstić information content (AvgIpc) is 2.34. The van der Waals surface area contributed by atoms with E-state index < -0.39 is 5.60 Å². The Kier molecular flexibility index (Phi) is 5.72. The molecule has 1 saturated carbocycles. The predicted molar refractivity (Wildman–Crippen MR) is 89.0 cm³/mol. The topological polar surface area (TPSA) is 53.6 Å². The number of likely N-dealkylation sites (tertiary alicyclic amines) is 1. The largest absolute Gasteiger partial charge is 0.444 e. The second-order valence-corrected chi connectivity index (χ2v) is 8.08. The van der Waals surface area contributed by atoms with Crippen molar-refractivity contribution in [3.63, 3.8) is 0 Å².